The molecule has 6 nitrogen and oxygen atoms in total. The number of amides is 1. The summed E-state index contributed by atoms with van der Waals surface area (Å²) < 4.78 is 32.7. The molecule has 0 saturated heterocycles. The molecular weight excluding hydrogens is 388 g/mol. The van der Waals surface area contributed by atoms with E-state index in [1.54, 1.807) is 30.3 Å². The molecule has 0 bridgehead atoms. The third kappa shape index (κ3) is 4.94. The molecule has 3 aromatic rings. The molecule has 3 rings (SSSR count). The van der Waals surface area contributed by atoms with Crippen LogP contribution in [0.15, 0.2) is 71.6 Å². The van der Waals surface area contributed by atoms with E-state index < -0.39 is 10.0 Å². The van der Waals surface area contributed by atoms with Gasteiger partial charge in [-0.25, -0.2) is 8.42 Å². The SMILES string of the molecule is COc1ccc(S(=O)(=O)Nc2cccc(C(=O)Nc3ccc(C)c(C)c3)c2)cc1. The van der Waals surface area contributed by atoms with Gasteiger partial charge in [0.25, 0.3) is 15.9 Å². The average molecular weight is 410 g/mol. The van der Waals surface area contributed by atoms with Crippen LogP contribution in [0.1, 0.15) is 21.5 Å². The molecule has 0 aliphatic rings. The fourth-order valence-electron chi connectivity index (χ4n) is 2.72. The van der Waals surface area contributed by atoms with Gasteiger partial charge in [-0.3, -0.25) is 9.52 Å². The number of anilines is 2. The molecule has 0 spiro atoms. The molecule has 0 atom stereocenters. The molecule has 0 unspecified atom stereocenters. The number of carbonyl (C=O) groups is 1. The van der Waals surface area contributed by atoms with Gasteiger partial charge in [-0.05, 0) is 79.6 Å². The lowest BCUT2D eigenvalue weighted by Crippen LogP contribution is -2.15. The van der Waals surface area contributed by atoms with E-state index in [1.165, 1.54) is 25.3 Å². The van der Waals surface area contributed by atoms with Crippen LogP contribution in [0.25, 0.3) is 0 Å². The van der Waals surface area contributed by atoms with E-state index in [4.69, 9.17) is 4.74 Å². The summed E-state index contributed by atoms with van der Waals surface area (Å²) in [6, 6.07) is 18.1. The number of methoxy groups -OCH3 is 1. The summed E-state index contributed by atoms with van der Waals surface area (Å²) in [5.41, 5.74) is 3.54. The predicted molar refractivity (Wildman–Crippen MR) is 114 cm³/mol. The molecule has 2 N–H and O–H groups in total. The Morgan fingerprint density at radius 3 is 2.24 bits per heavy atom. The van der Waals surface area contributed by atoms with Gasteiger partial charge in [-0.1, -0.05) is 12.1 Å². The molecule has 29 heavy (non-hydrogen) atoms. The van der Waals surface area contributed by atoms with Crippen molar-refractivity contribution in [2.45, 2.75) is 18.7 Å². The van der Waals surface area contributed by atoms with Crippen LogP contribution in [-0.2, 0) is 10.0 Å². The van der Waals surface area contributed by atoms with Crippen molar-refractivity contribution in [2.24, 2.45) is 0 Å². The van der Waals surface area contributed by atoms with Gasteiger partial charge in [-0.15, -0.1) is 0 Å². The van der Waals surface area contributed by atoms with Crippen molar-refractivity contribution < 1.29 is 17.9 Å². The number of aryl methyl sites for hydroxylation is 2. The minimum atomic E-state index is -3.79. The topological polar surface area (TPSA) is 84.5 Å². The largest absolute Gasteiger partial charge is 0.497 e. The number of carbonyl (C=O) groups excluding carboxylic acids is 1. The number of benzene rings is 3. The van der Waals surface area contributed by atoms with Crippen LogP contribution in [0, 0.1) is 13.8 Å². The highest BCUT2D eigenvalue weighted by Gasteiger charge is 2.15. The van der Waals surface area contributed by atoms with Crippen LogP contribution in [0.2, 0.25) is 0 Å². The van der Waals surface area contributed by atoms with Gasteiger partial charge in [0, 0.05) is 16.9 Å². The minimum Gasteiger partial charge on any atom is -0.497 e. The van der Waals surface area contributed by atoms with E-state index in [2.05, 4.69) is 10.0 Å². The fraction of sp³-hybridized carbons (Fsp3) is 0.136. The maximum atomic E-state index is 12.6. The molecule has 7 heteroatoms. The second kappa shape index (κ2) is 8.36. The molecule has 3 aromatic carbocycles. The van der Waals surface area contributed by atoms with Crippen LogP contribution < -0.4 is 14.8 Å². The van der Waals surface area contributed by atoms with E-state index in [1.807, 2.05) is 32.0 Å². The smallest absolute Gasteiger partial charge is 0.261 e. The van der Waals surface area contributed by atoms with E-state index in [-0.39, 0.29) is 10.8 Å². The first kappa shape index (κ1) is 20.4. The van der Waals surface area contributed by atoms with Crippen LogP contribution in [0.5, 0.6) is 5.75 Å². The lowest BCUT2D eigenvalue weighted by molar-refractivity contribution is 0.102. The maximum absolute atomic E-state index is 12.6. The lowest BCUT2D eigenvalue weighted by Gasteiger charge is -2.11. The number of sulfonamides is 1. The number of hydrogen-bond acceptors (Lipinski definition) is 4. The number of nitrogens with one attached hydrogen (secondary N) is 2. The van der Waals surface area contributed by atoms with E-state index >= 15 is 0 Å². The van der Waals surface area contributed by atoms with Gasteiger partial charge >= 0.3 is 0 Å². The Hall–Kier alpha value is -3.32. The highest BCUT2D eigenvalue weighted by atomic mass is 32.2. The summed E-state index contributed by atoms with van der Waals surface area (Å²) in [4.78, 5) is 12.7. The molecule has 0 heterocycles. The van der Waals surface area contributed by atoms with Gasteiger partial charge in [0.1, 0.15) is 5.75 Å². The Morgan fingerprint density at radius 1 is 0.862 bits per heavy atom. The van der Waals surface area contributed by atoms with Crippen LogP contribution in [-0.4, -0.2) is 21.4 Å². The zero-order chi connectivity index (χ0) is 21.0. The second-order valence-electron chi connectivity index (χ2n) is 6.61. The Balaban J connectivity index is 1.77. The summed E-state index contributed by atoms with van der Waals surface area (Å²) in [5.74, 6) is 0.243. The van der Waals surface area contributed by atoms with Gasteiger partial charge in [0.05, 0.1) is 12.0 Å². The molecule has 1 amide bonds. The summed E-state index contributed by atoms with van der Waals surface area (Å²) in [6.45, 7) is 3.97. The van der Waals surface area contributed by atoms with Crippen molar-refractivity contribution in [3.63, 3.8) is 0 Å². The van der Waals surface area contributed by atoms with Crippen molar-refractivity contribution in [2.75, 3.05) is 17.1 Å². The third-order valence-electron chi connectivity index (χ3n) is 4.51. The lowest BCUT2D eigenvalue weighted by atomic mass is 10.1. The second-order valence-corrected chi connectivity index (χ2v) is 8.30. The highest BCUT2D eigenvalue weighted by molar-refractivity contribution is 7.92. The summed E-state index contributed by atoms with van der Waals surface area (Å²) in [6.07, 6.45) is 0. The number of hydrogen-bond donors (Lipinski definition) is 2. The Labute approximate surface area is 170 Å². The minimum absolute atomic E-state index is 0.100. The number of ether oxygens (including phenoxy) is 1. The first-order valence-corrected chi connectivity index (χ1v) is 10.4. The Kier molecular flexibility index (Phi) is 5.89. The zero-order valence-electron chi connectivity index (χ0n) is 16.4. The van der Waals surface area contributed by atoms with Gasteiger partial charge in [0.15, 0.2) is 0 Å². The molecule has 0 fully saturated rings. The van der Waals surface area contributed by atoms with Gasteiger partial charge in [0.2, 0.25) is 0 Å². The Bertz CT molecular complexity index is 1140. The van der Waals surface area contributed by atoms with Crippen LogP contribution >= 0.6 is 0 Å². The monoisotopic (exact) mass is 410 g/mol. The number of rotatable bonds is 6. The standard InChI is InChI=1S/C22H22N2O4S/c1-15-7-8-18(13-16(15)2)23-22(25)17-5-4-6-19(14-17)24-29(26,27)21-11-9-20(28-3)10-12-21/h4-14,24H,1-3H3,(H,23,25). The average Bonchev–Trinajstić information content (AvgIpc) is 2.70. The highest BCUT2D eigenvalue weighted by Crippen LogP contribution is 2.21. The zero-order valence-corrected chi connectivity index (χ0v) is 17.2. The van der Waals surface area contributed by atoms with Crippen molar-refractivity contribution in [1.82, 2.24) is 0 Å². The molecule has 0 saturated carbocycles. The normalized spacial score (nSPS) is 11.0. The predicted octanol–water partition coefficient (Wildman–Crippen LogP) is 4.37. The molecule has 0 aliphatic heterocycles. The summed E-state index contributed by atoms with van der Waals surface area (Å²) in [7, 11) is -2.28. The first-order valence-electron chi connectivity index (χ1n) is 8.94. The fourth-order valence-corrected chi connectivity index (χ4v) is 3.76. The van der Waals surface area contributed by atoms with Gasteiger partial charge < -0.3 is 10.1 Å². The van der Waals surface area contributed by atoms with Gasteiger partial charge in [-0.2, -0.15) is 0 Å². The van der Waals surface area contributed by atoms with E-state index in [0.29, 0.717) is 22.7 Å². The third-order valence-corrected chi connectivity index (χ3v) is 5.91. The summed E-state index contributed by atoms with van der Waals surface area (Å²) >= 11 is 0. The van der Waals surface area contributed by atoms with Crippen LogP contribution in [0.4, 0.5) is 11.4 Å². The van der Waals surface area contributed by atoms with Crippen molar-refractivity contribution in [3.05, 3.63) is 83.4 Å². The molecule has 0 aromatic heterocycles. The van der Waals surface area contributed by atoms with E-state index in [0.717, 1.165) is 11.1 Å². The summed E-state index contributed by atoms with van der Waals surface area (Å²) in [5, 5.41) is 2.83. The van der Waals surface area contributed by atoms with Crippen molar-refractivity contribution >= 4 is 27.3 Å². The molecule has 0 radical (unpaired) electrons. The van der Waals surface area contributed by atoms with Crippen molar-refractivity contribution in [3.8, 4) is 5.75 Å². The quantitative estimate of drug-likeness (QED) is 0.632. The first-order chi connectivity index (χ1) is 13.8. The molecular formula is C22H22N2O4S. The van der Waals surface area contributed by atoms with E-state index in [9.17, 15) is 13.2 Å². The maximum Gasteiger partial charge on any atom is 0.261 e. The molecule has 0 aliphatic carbocycles. The van der Waals surface area contributed by atoms with Crippen LogP contribution in [0.3, 0.4) is 0 Å². The van der Waals surface area contributed by atoms with Crippen molar-refractivity contribution in [1.29, 1.82) is 0 Å². The molecule has 150 valence electrons. The Morgan fingerprint density at radius 2 is 1.59 bits per heavy atom.